The lowest BCUT2D eigenvalue weighted by molar-refractivity contribution is -0.137. The van der Waals surface area contributed by atoms with E-state index in [-0.39, 0.29) is 23.7 Å². The van der Waals surface area contributed by atoms with Crippen molar-refractivity contribution in [2.45, 2.75) is 26.7 Å². The molecule has 3 amide bonds. The molecule has 0 saturated carbocycles. The number of nitrogens with zero attached hydrogens (tertiary/aromatic N) is 2. The number of hydrogen-bond acceptors (Lipinski definition) is 5. The number of nitrogens with one attached hydrogen (secondary N) is 1. The molecule has 0 spiro atoms. The summed E-state index contributed by atoms with van der Waals surface area (Å²) in [5.74, 6) is -0.144. The summed E-state index contributed by atoms with van der Waals surface area (Å²) in [7, 11) is 0. The first-order valence-corrected chi connectivity index (χ1v) is 9.97. The Morgan fingerprint density at radius 1 is 1.23 bits per heavy atom. The average Bonchev–Trinajstić information content (AvgIpc) is 2.74. The first-order chi connectivity index (χ1) is 14.3. The molecule has 1 aliphatic heterocycles. The Hall–Kier alpha value is -3.42. The molecule has 1 aliphatic rings. The molecule has 2 aromatic rings. The second-order valence-electron chi connectivity index (χ2n) is 7.65. The zero-order chi connectivity index (χ0) is 21.7. The highest BCUT2D eigenvalue weighted by atomic mass is 16.5. The number of piperidine rings is 1. The summed E-state index contributed by atoms with van der Waals surface area (Å²) >= 11 is 0. The van der Waals surface area contributed by atoms with E-state index < -0.39 is 5.91 Å². The summed E-state index contributed by atoms with van der Waals surface area (Å²) in [6.07, 6.45) is 3.06. The van der Waals surface area contributed by atoms with Crippen LogP contribution in [0.1, 0.15) is 37.0 Å². The van der Waals surface area contributed by atoms with Crippen LogP contribution < -0.4 is 15.8 Å². The van der Waals surface area contributed by atoms with Gasteiger partial charge in [-0.05, 0) is 37.1 Å². The molecule has 8 nitrogen and oxygen atoms in total. The topological polar surface area (TPSA) is 115 Å². The van der Waals surface area contributed by atoms with E-state index in [9.17, 15) is 14.4 Å². The Morgan fingerprint density at radius 2 is 2.03 bits per heavy atom. The molecule has 3 N–H and O–H groups in total. The number of benzene rings is 1. The number of ether oxygens (including phenoxy) is 1. The Labute approximate surface area is 175 Å². The van der Waals surface area contributed by atoms with Crippen LogP contribution in [0.15, 0.2) is 42.6 Å². The van der Waals surface area contributed by atoms with Crippen molar-refractivity contribution in [2.24, 2.45) is 17.6 Å². The van der Waals surface area contributed by atoms with Crippen LogP contribution in [0.3, 0.4) is 0 Å². The van der Waals surface area contributed by atoms with Crippen LogP contribution >= 0.6 is 0 Å². The molecule has 1 saturated heterocycles. The maximum Gasteiger partial charge on any atom is 0.248 e. The van der Waals surface area contributed by atoms with Crippen LogP contribution in [0.2, 0.25) is 0 Å². The number of pyridine rings is 1. The van der Waals surface area contributed by atoms with Gasteiger partial charge in [0.2, 0.25) is 23.6 Å². The van der Waals surface area contributed by atoms with Crippen molar-refractivity contribution in [1.82, 2.24) is 9.88 Å². The molecule has 0 unspecified atom stereocenters. The fraction of sp³-hybridized carbons (Fsp3) is 0.364. The van der Waals surface area contributed by atoms with Gasteiger partial charge in [0.05, 0.1) is 17.8 Å². The van der Waals surface area contributed by atoms with Crippen molar-refractivity contribution in [3.63, 3.8) is 0 Å². The van der Waals surface area contributed by atoms with Gasteiger partial charge >= 0.3 is 0 Å². The Balaban J connectivity index is 1.59. The number of aromatic nitrogens is 1. The summed E-state index contributed by atoms with van der Waals surface area (Å²) in [6.45, 7) is 4.87. The second-order valence-corrected chi connectivity index (χ2v) is 7.65. The number of carbonyl (C=O) groups excluding carboxylic acids is 3. The van der Waals surface area contributed by atoms with Crippen LogP contribution in [0.5, 0.6) is 11.6 Å². The van der Waals surface area contributed by atoms with Crippen LogP contribution in [-0.4, -0.2) is 40.7 Å². The molecule has 8 heteroatoms. The van der Waals surface area contributed by atoms with Gasteiger partial charge in [-0.1, -0.05) is 19.9 Å². The Kier molecular flexibility index (Phi) is 6.66. The minimum Gasteiger partial charge on any atom is -0.439 e. The van der Waals surface area contributed by atoms with Gasteiger partial charge in [0.25, 0.3) is 0 Å². The average molecular weight is 410 g/mol. The molecular weight excluding hydrogens is 384 g/mol. The molecule has 1 fully saturated rings. The molecule has 0 aliphatic carbocycles. The highest BCUT2D eigenvalue weighted by Crippen LogP contribution is 2.23. The number of amides is 3. The largest absolute Gasteiger partial charge is 0.439 e. The molecule has 1 atom stereocenters. The number of hydrogen-bond donors (Lipinski definition) is 2. The van der Waals surface area contributed by atoms with Gasteiger partial charge < -0.3 is 20.7 Å². The van der Waals surface area contributed by atoms with Crippen molar-refractivity contribution in [1.29, 1.82) is 0 Å². The minimum atomic E-state index is -0.539. The lowest BCUT2D eigenvalue weighted by Crippen LogP contribution is -2.45. The van der Waals surface area contributed by atoms with Crippen molar-refractivity contribution in [3.05, 3.63) is 48.2 Å². The van der Waals surface area contributed by atoms with Gasteiger partial charge in [0.15, 0.2) is 0 Å². The van der Waals surface area contributed by atoms with Crippen LogP contribution in [0, 0.1) is 11.8 Å². The SMILES string of the molecule is CC(C)C(=O)N1CCC[C@@H](C(=O)Nc2ccc(Oc3cccc(C(N)=O)c3)nc2)C1. The highest BCUT2D eigenvalue weighted by molar-refractivity contribution is 5.93. The fourth-order valence-corrected chi connectivity index (χ4v) is 3.35. The third kappa shape index (κ3) is 5.34. The Morgan fingerprint density at radius 3 is 2.70 bits per heavy atom. The maximum absolute atomic E-state index is 12.6. The first kappa shape index (κ1) is 21.3. The molecule has 158 valence electrons. The lowest BCUT2D eigenvalue weighted by Gasteiger charge is -2.33. The number of primary amides is 1. The van der Waals surface area contributed by atoms with E-state index in [0.717, 1.165) is 12.8 Å². The lowest BCUT2D eigenvalue weighted by atomic mass is 9.96. The summed E-state index contributed by atoms with van der Waals surface area (Å²) in [4.78, 5) is 42.1. The van der Waals surface area contributed by atoms with Gasteiger partial charge in [0.1, 0.15) is 5.75 Å². The summed E-state index contributed by atoms with van der Waals surface area (Å²) in [6, 6.07) is 9.81. The summed E-state index contributed by atoms with van der Waals surface area (Å²) in [5, 5.41) is 2.86. The van der Waals surface area contributed by atoms with Gasteiger partial charge in [0, 0.05) is 30.6 Å². The highest BCUT2D eigenvalue weighted by Gasteiger charge is 2.29. The fourth-order valence-electron chi connectivity index (χ4n) is 3.35. The molecule has 0 bridgehead atoms. The maximum atomic E-state index is 12.6. The van der Waals surface area contributed by atoms with Gasteiger partial charge in [-0.25, -0.2) is 4.98 Å². The molecule has 1 aromatic heterocycles. The van der Waals surface area contributed by atoms with E-state index in [1.807, 2.05) is 13.8 Å². The quantitative estimate of drug-likeness (QED) is 0.760. The monoisotopic (exact) mass is 410 g/mol. The number of likely N-dealkylation sites (tertiary alicyclic amines) is 1. The third-order valence-electron chi connectivity index (χ3n) is 4.94. The molecule has 0 radical (unpaired) electrons. The van der Waals surface area contributed by atoms with Crippen molar-refractivity contribution in [3.8, 4) is 11.6 Å². The van der Waals surface area contributed by atoms with Crippen LogP contribution in [0.25, 0.3) is 0 Å². The molecule has 1 aromatic carbocycles. The molecular formula is C22H26N4O4. The number of anilines is 1. The van der Waals surface area contributed by atoms with E-state index in [1.165, 1.54) is 12.3 Å². The zero-order valence-electron chi connectivity index (χ0n) is 17.1. The number of carbonyl (C=O) groups is 3. The summed E-state index contributed by atoms with van der Waals surface area (Å²) in [5.41, 5.74) is 6.16. The molecule has 2 heterocycles. The Bertz CT molecular complexity index is 927. The molecule has 30 heavy (non-hydrogen) atoms. The van der Waals surface area contributed by atoms with Gasteiger partial charge in [-0.15, -0.1) is 0 Å². The zero-order valence-corrected chi connectivity index (χ0v) is 17.1. The minimum absolute atomic E-state index is 0.0766. The predicted molar refractivity (Wildman–Crippen MR) is 112 cm³/mol. The van der Waals surface area contributed by atoms with E-state index >= 15 is 0 Å². The van der Waals surface area contributed by atoms with E-state index in [1.54, 1.807) is 35.2 Å². The summed E-state index contributed by atoms with van der Waals surface area (Å²) < 4.78 is 5.63. The van der Waals surface area contributed by atoms with Gasteiger partial charge in [-0.2, -0.15) is 0 Å². The number of rotatable bonds is 6. The van der Waals surface area contributed by atoms with E-state index in [2.05, 4.69) is 10.3 Å². The van der Waals surface area contributed by atoms with Crippen molar-refractivity contribution >= 4 is 23.4 Å². The molecule has 3 rings (SSSR count). The van der Waals surface area contributed by atoms with Crippen molar-refractivity contribution in [2.75, 3.05) is 18.4 Å². The van der Waals surface area contributed by atoms with E-state index in [4.69, 9.17) is 10.5 Å². The van der Waals surface area contributed by atoms with Crippen LogP contribution in [0.4, 0.5) is 5.69 Å². The van der Waals surface area contributed by atoms with Crippen LogP contribution in [-0.2, 0) is 9.59 Å². The normalized spacial score (nSPS) is 16.2. The second kappa shape index (κ2) is 9.39. The number of nitrogens with two attached hydrogens (primary N) is 1. The first-order valence-electron chi connectivity index (χ1n) is 9.97. The third-order valence-corrected chi connectivity index (χ3v) is 4.94. The van der Waals surface area contributed by atoms with Gasteiger partial charge in [-0.3, -0.25) is 14.4 Å². The van der Waals surface area contributed by atoms with Crippen molar-refractivity contribution < 1.29 is 19.1 Å². The predicted octanol–water partition coefficient (Wildman–Crippen LogP) is 2.81. The standard InChI is InChI=1S/C22H26N4O4/c1-14(2)22(29)26-10-4-6-16(13-26)21(28)25-17-8-9-19(24-12-17)30-18-7-3-5-15(11-18)20(23)27/h3,5,7-9,11-12,14,16H,4,6,10,13H2,1-2H3,(H2,23,27)(H,25,28)/t16-/m1/s1. The smallest absolute Gasteiger partial charge is 0.248 e. The van der Waals surface area contributed by atoms with E-state index in [0.29, 0.717) is 36.0 Å².